The zero-order valence-corrected chi connectivity index (χ0v) is 13.3. The Kier molecular flexibility index (Phi) is 4.97. The Balaban J connectivity index is 1.73. The molecule has 0 radical (unpaired) electrons. The van der Waals surface area contributed by atoms with Gasteiger partial charge in [0.05, 0.1) is 5.69 Å². The maximum absolute atomic E-state index is 11.7. The molecule has 1 N–H and O–H groups in total. The number of amides is 1. The molecule has 8 heteroatoms. The van der Waals surface area contributed by atoms with Crippen LogP contribution in [0, 0.1) is 0 Å². The number of nitrogens with zero attached hydrogens (tertiary/aromatic N) is 5. The number of carbonyl (C=O) groups is 1. The zero-order chi connectivity index (χ0) is 16.1. The van der Waals surface area contributed by atoms with Gasteiger partial charge in [0.2, 0.25) is 11.9 Å². The normalized spacial score (nSPS) is 15.4. The molecule has 1 aliphatic rings. The number of alkyl halides is 1. The maximum atomic E-state index is 11.7. The number of hydrogen-bond acceptors (Lipinski definition) is 6. The molecule has 0 atom stereocenters. The Hall–Kier alpha value is -2.28. The van der Waals surface area contributed by atoms with E-state index in [1.54, 1.807) is 35.8 Å². The molecular formula is C15H17ClN6O. The highest BCUT2D eigenvalue weighted by Crippen LogP contribution is 2.31. The summed E-state index contributed by atoms with van der Waals surface area (Å²) in [7, 11) is 0. The summed E-state index contributed by atoms with van der Waals surface area (Å²) in [6, 6.07) is 1.76. The molecule has 1 saturated heterocycles. The number of halogens is 1. The van der Waals surface area contributed by atoms with Crippen molar-refractivity contribution in [2.24, 2.45) is 0 Å². The Morgan fingerprint density at radius 1 is 1.13 bits per heavy atom. The predicted octanol–water partition coefficient (Wildman–Crippen LogP) is 1.95. The molecule has 1 aliphatic heterocycles. The van der Waals surface area contributed by atoms with E-state index in [0.717, 1.165) is 18.5 Å². The van der Waals surface area contributed by atoms with Crippen molar-refractivity contribution in [1.29, 1.82) is 0 Å². The van der Waals surface area contributed by atoms with E-state index in [9.17, 15) is 4.79 Å². The van der Waals surface area contributed by atoms with Crippen LogP contribution in [-0.4, -0.2) is 49.7 Å². The van der Waals surface area contributed by atoms with Crippen molar-refractivity contribution >= 4 is 29.3 Å². The largest absolute Gasteiger partial charge is 0.342 e. The van der Waals surface area contributed by atoms with E-state index < -0.39 is 0 Å². The summed E-state index contributed by atoms with van der Waals surface area (Å²) in [5.74, 6) is 1.42. The van der Waals surface area contributed by atoms with Crippen molar-refractivity contribution in [1.82, 2.24) is 24.8 Å². The Labute approximate surface area is 139 Å². The lowest BCUT2D eigenvalue weighted by molar-refractivity contribution is -0.129. The SMILES string of the molecule is O=C(CCl)N1CCC(c2nccnc2Nc2ncccn2)CC1. The van der Waals surface area contributed by atoms with Crippen LogP contribution in [0.3, 0.4) is 0 Å². The van der Waals surface area contributed by atoms with Gasteiger partial charge in [0.1, 0.15) is 5.88 Å². The molecule has 23 heavy (non-hydrogen) atoms. The molecule has 2 aromatic heterocycles. The lowest BCUT2D eigenvalue weighted by Gasteiger charge is -2.31. The highest BCUT2D eigenvalue weighted by molar-refractivity contribution is 6.27. The van der Waals surface area contributed by atoms with Crippen molar-refractivity contribution < 1.29 is 4.79 Å². The van der Waals surface area contributed by atoms with Gasteiger partial charge in [0.25, 0.3) is 0 Å². The number of aromatic nitrogens is 4. The summed E-state index contributed by atoms with van der Waals surface area (Å²) < 4.78 is 0. The van der Waals surface area contributed by atoms with E-state index in [-0.39, 0.29) is 17.7 Å². The van der Waals surface area contributed by atoms with Gasteiger partial charge in [0, 0.05) is 43.8 Å². The van der Waals surface area contributed by atoms with Gasteiger partial charge >= 0.3 is 0 Å². The van der Waals surface area contributed by atoms with Crippen molar-refractivity contribution in [3.63, 3.8) is 0 Å². The Morgan fingerprint density at radius 2 is 1.83 bits per heavy atom. The first-order chi connectivity index (χ1) is 11.3. The lowest BCUT2D eigenvalue weighted by atomic mass is 9.93. The average molecular weight is 333 g/mol. The fraction of sp³-hybridized carbons (Fsp3) is 0.400. The lowest BCUT2D eigenvalue weighted by Crippen LogP contribution is -2.38. The van der Waals surface area contributed by atoms with Gasteiger partial charge in [0.15, 0.2) is 5.82 Å². The van der Waals surface area contributed by atoms with E-state index in [2.05, 4.69) is 25.3 Å². The van der Waals surface area contributed by atoms with E-state index in [0.29, 0.717) is 24.9 Å². The molecule has 120 valence electrons. The highest BCUT2D eigenvalue weighted by atomic mass is 35.5. The van der Waals surface area contributed by atoms with Gasteiger partial charge < -0.3 is 10.2 Å². The fourth-order valence-electron chi connectivity index (χ4n) is 2.70. The summed E-state index contributed by atoms with van der Waals surface area (Å²) in [5.41, 5.74) is 0.887. The van der Waals surface area contributed by atoms with Crippen molar-refractivity contribution in [3.8, 4) is 0 Å². The smallest absolute Gasteiger partial charge is 0.237 e. The molecule has 0 aliphatic carbocycles. The molecule has 0 aromatic carbocycles. The third-order valence-electron chi connectivity index (χ3n) is 3.87. The molecule has 0 bridgehead atoms. The molecule has 0 saturated carbocycles. The van der Waals surface area contributed by atoms with Crippen LogP contribution in [-0.2, 0) is 4.79 Å². The predicted molar refractivity (Wildman–Crippen MR) is 86.6 cm³/mol. The van der Waals surface area contributed by atoms with Crippen LogP contribution < -0.4 is 5.32 Å². The number of carbonyl (C=O) groups excluding carboxylic acids is 1. The molecular weight excluding hydrogens is 316 g/mol. The van der Waals surface area contributed by atoms with E-state index in [4.69, 9.17) is 11.6 Å². The van der Waals surface area contributed by atoms with Crippen LogP contribution in [0.1, 0.15) is 24.5 Å². The van der Waals surface area contributed by atoms with Crippen molar-refractivity contribution in [2.45, 2.75) is 18.8 Å². The Morgan fingerprint density at radius 3 is 2.52 bits per heavy atom. The molecule has 3 heterocycles. The molecule has 3 rings (SSSR count). The van der Waals surface area contributed by atoms with E-state index in [1.165, 1.54) is 0 Å². The average Bonchev–Trinajstić information content (AvgIpc) is 2.62. The number of nitrogens with one attached hydrogen (secondary N) is 1. The number of likely N-dealkylation sites (tertiary alicyclic amines) is 1. The standard InChI is InChI=1S/C15H17ClN6O/c16-10-12(23)22-8-2-11(3-9-22)13-14(18-7-6-17-13)21-15-19-4-1-5-20-15/h1,4-7,11H,2-3,8-10H2,(H,18,19,20,21). The fourth-order valence-corrected chi connectivity index (χ4v) is 2.87. The van der Waals surface area contributed by atoms with Gasteiger partial charge in [-0.2, -0.15) is 0 Å². The van der Waals surface area contributed by atoms with Gasteiger partial charge in [-0.3, -0.25) is 9.78 Å². The summed E-state index contributed by atoms with van der Waals surface area (Å²) in [6.45, 7) is 1.38. The van der Waals surface area contributed by atoms with Crippen molar-refractivity contribution in [2.75, 3.05) is 24.3 Å². The second kappa shape index (κ2) is 7.32. The van der Waals surface area contributed by atoms with Gasteiger partial charge in [-0.05, 0) is 18.9 Å². The quantitative estimate of drug-likeness (QED) is 0.862. The van der Waals surface area contributed by atoms with Crippen molar-refractivity contribution in [3.05, 3.63) is 36.5 Å². The maximum Gasteiger partial charge on any atom is 0.237 e. The van der Waals surface area contributed by atoms with Crippen LogP contribution in [0.5, 0.6) is 0 Å². The topological polar surface area (TPSA) is 83.9 Å². The number of piperidine rings is 1. The van der Waals surface area contributed by atoms with Crippen LogP contribution >= 0.6 is 11.6 Å². The van der Waals surface area contributed by atoms with Gasteiger partial charge in [-0.15, -0.1) is 11.6 Å². The minimum Gasteiger partial charge on any atom is -0.342 e. The third kappa shape index (κ3) is 3.73. The molecule has 1 fully saturated rings. The molecule has 1 amide bonds. The third-order valence-corrected chi connectivity index (χ3v) is 4.10. The summed E-state index contributed by atoms with van der Waals surface area (Å²) in [4.78, 5) is 30.6. The Bertz CT molecular complexity index is 660. The van der Waals surface area contributed by atoms with E-state index in [1.807, 2.05) is 0 Å². The minimum absolute atomic E-state index is 0.0136. The first kappa shape index (κ1) is 15.6. The van der Waals surface area contributed by atoms with E-state index >= 15 is 0 Å². The van der Waals surface area contributed by atoms with Gasteiger partial charge in [-0.25, -0.2) is 15.0 Å². The molecule has 0 spiro atoms. The van der Waals surface area contributed by atoms with Crippen LogP contribution in [0.25, 0.3) is 0 Å². The number of hydrogen-bond donors (Lipinski definition) is 1. The van der Waals surface area contributed by atoms with Gasteiger partial charge in [-0.1, -0.05) is 0 Å². The highest BCUT2D eigenvalue weighted by Gasteiger charge is 2.26. The minimum atomic E-state index is -0.0136. The first-order valence-corrected chi connectivity index (χ1v) is 8.00. The second-order valence-corrected chi connectivity index (χ2v) is 5.54. The number of rotatable bonds is 4. The zero-order valence-electron chi connectivity index (χ0n) is 12.5. The summed E-state index contributed by atoms with van der Waals surface area (Å²) >= 11 is 5.62. The molecule has 0 unspecified atom stereocenters. The van der Waals surface area contributed by atoms with Crippen LogP contribution in [0.2, 0.25) is 0 Å². The molecule has 2 aromatic rings. The van der Waals surface area contributed by atoms with Crippen LogP contribution in [0.15, 0.2) is 30.9 Å². The monoisotopic (exact) mass is 332 g/mol. The van der Waals surface area contributed by atoms with Crippen LogP contribution in [0.4, 0.5) is 11.8 Å². The first-order valence-electron chi connectivity index (χ1n) is 7.46. The summed E-state index contributed by atoms with van der Waals surface area (Å²) in [6.07, 6.45) is 8.34. The molecule has 7 nitrogen and oxygen atoms in total. The second-order valence-electron chi connectivity index (χ2n) is 5.28. The number of anilines is 2. The summed E-state index contributed by atoms with van der Waals surface area (Å²) in [5, 5.41) is 3.12.